The van der Waals surface area contributed by atoms with Gasteiger partial charge in [0, 0.05) is 12.4 Å². The Morgan fingerprint density at radius 2 is 2.07 bits per heavy atom. The van der Waals surface area contributed by atoms with Crippen molar-refractivity contribution in [2.24, 2.45) is 7.05 Å². The number of thiazole rings is 1. The van der Waals surface area contributed by atoms with E-state index in [1.54, 1.807) is 42.6 Å². The van der Waals surface area contributed by atoms with Gasteiger partial charge in [0.25, 0.3) is 0 Å². The number of hydrogen-bond acceptors (Lipinski definition) is 7. The molecule has 0 aliphatic rings. The molecule has 3 aromatic rings. The molecule has 0 bridgehead atoms. The first-order valence-corrected chi connectivity index (χ1v) is 10.5. The Bertz CT molecular complexity index is 997. The van der Waals surface area contributed by atoms with Crippen LogP contribution in [0.3, 0.4) is 0 Å². The van der Waals surface area contributed by atoms with Crippen molar-refractivity contribution in [1.82, 2.24) is 19.7 Å². The summed E-state index contributed by atoms with van der Waals surface area (Å²) in [7, 11) is -2.55. The fraction of sp³-hybridized carbons (Fsp3) is 0.312. The van der Waals surface area contributed by atoms with E-state index in [0.717, 1.165) is 22.7 Å². The lowest BCUT2D eigenvalue weighted by Crippen LogP contribution is -2.16. The Labute approximate surface area is 161 Å². The molecule has 27 heavy (non-hydrogen) atoms. The molecule has 0 spiro atoms. The van der Waals surface area contributed by atoms with Crippen LogP contribution < -0.4 is 10.0 Å². The largest absolute Gasteiger partial charge is 0.357 e. The predicted octanol–water partition coefficient (Wildman–Crippen LogP) is 2.24. The van der Waals surface area contributed by atoms with Gasteiger partial charge in [0.15, 0.2) is 6.33 Å². The Balaban J connectivity index is 1.80. The Kier molecular flexibility index (Phi) is 5.73. The summed E-state index contributed by atoms with van der Waals surface area (Å²) in [6.45, 7) is 2.06. The molecule has 1 atom stereocenters. The average molecular weight is 408 g/mol. The van der Waals surface area contributed by atoms with Crippen LogP contribution >= 0.6 is 11.3 Å². The van der Waals surface area contributed by atoms with Crippen LogP contribution in [0.25, 0.3) is 0 Å². The molecule has 0 saturated carbocycles. The maximum Gasteiger partial charge on any atom is 0.357 e. The lowest BCUT2D eigenvalue weighted by molar-refractivity contribution is 0.489. The monoisotopic (exact) mass is 407 g/mol. The van der Waals surface area contributed by atoms with E-state index in [2.05, 4.69) is 33.6 Å². The van der Waals surface area contributed by atoms with E-state index >= 15 is 0 Å². The minimum atomic E-state index is -4.29. The van der Waals surface area contributed by atoms with Gasteiger partial charge in [-0.25, -0.2) is 9.67 Å². The SMILES string of the molecule is CCc1nc([C@H](Cc2ccc(NS(=O)(=O)O)cc2)Nc2n[c]n(C)n2)cs1. The van der Waals surface area contributed by atoms with Crippen LogP contribution in [-0.2, 0) is 30.2 Å². The van der Waals surface area contributed by atoms with Crippen LogP contribution in [-0.4, -0.2) is 32.7 Å². The lowest BCUT2D eigenvalue weighted by Gasteiger charge is -2.16. The van der Waals surface area contributed by atoms with E-state index in [0.29, 0.717) is 12.4 Å². The normalized spacial score (nSPS) is 12.7. The third kappa shape index (κ3) is 5.49. The summed E-state index contributed by atoms with van der Waals surface area (Å²) in [5.74, 6) is 0.457. The van der Waals surface area contributed by atoms with Gasteiger partial charge in [0.05, 0.1) is 22.4 Å². The molecule has 11 heteroatoms. The first kappa shape index (κ1) is 19.3. The number of anilines is 2. The van der Waals surface area contributed by atoms with Gasteiger partial charge in [-0.3, -0.25) is 9.27 Å². The van der Waals surface area contributed by atoms with Gasteiger partial charge in [-0.15, -0.1) is 16.4 Å². The third-order valence-corrected chi connectivity index (χ3v) is 5.22. The highest BCUT2D eigenvalue weighted by molar-refractivity contribution is 7.87. The molecule has 1 radical (unpaired) electrons. The number of aromatic nitrogens is 4. The second-order valence-electron chi connectivity index (χ2n) is 5.85. The molecule has 2 heterocycles. The smallest absolute Gasteiger partial charge is 0.344 e. The molecular weight excluding hydrogens is 388 g/mol. The lowest BCUT2D eigenvalue weighted by atomic mass is 10.0. The zero-order valence-electron chi connectivity index (χ0n) is 14.7. The fourth-order valence-corrected chi connectivity index (χ4v) is 3.73. The summed E-state index contributed by atoms with van der Waals surface area (Å²) < 4.78 is 34.2. The number of aryl methyl sites for hydroxylation is 2. The summed E-state index contributed by atoms with van der Waals surface area (Å²) in [6.07, 6.45) is 4.18. The molecule has 143 valence electrons. The van der Waals surface area contributed by atoms with Crippen LogP contribution in [0.4, 0.5) is 11.6 Å². The van der Waals surface area contributed by atoms with Crippen molar-refractivity contribution in [2.45, 2.75) is 25.8 Å². The van der Waals surface area contributed by atoms with Crippen molar-refractivity contribution < 1.29 is 13.0 Å². The van der Waals surface area contributed by atoms with E-state index in [1.807, 2.05) is 10.1 Å². The summed E-state index contributed by atoms with van der Waals surface area (Å²) in [4.78, 5) is 8.74. The Morgan fingerprint density at radius 1 is 1.33 bits per heavy atom. The van der Waals surface area contributed by atoms with Gasteiger partial charge >= 0.3 is 10.3 Å². The maximum absolute atomic E-state index is 10.9. The van der Waals surface area contributed by atoms with Crippen molar-refractivity contribution in [3.63, 3.8) is 0 Å². The predicted molar refractivity (Wildman–Crippen MR) is 103 cm³/mol. The molecule has 0 amide bonds. The van der Waals surface area contributed by atoms with Crippen molar-refractivity contribution >= 4 is 33.3 Å². The average Bonchev–Trinajstić information content (AvgIpc) is 3.23. The first-order valence-electron chi connectivity index (χ1n) is 8.16. The summed E-state index contributed by atoms with van der Waals surface area (Å²) in [6, 6.07) is 6.59. The number of hydrogen-bond donors (Lipinski definition) is 3. The van der Waals surface area contributed by atoms with Crippen molar-refractivity contribution in [1.29, 1.82) is 0 Å². The number of nitrogens with zero attached hydrogens (tertiary/aromatic N) is 4. The second-order valence-corrected chi connectivity index (χ2v) is 7.95. The van der Waals surface area contributed by atoms with E-state index in [9.17, 15) is 8.42 Å². The molecule has 9 nitrogen and oxygen atoms in total. The van der Waals surface area contributed by atoms with Gasteiger partial charge in [0.2, 0.25) is 5.95 Å². The number of benzene rings is 1. The van der Waals surface area contributed by atoms with E-state index in [4.69, 9.17) is 4.55 Å². The Morgan fingerprint density at radius 3 is 2.63 bits per heavy atom. The minimum Gasteiger partial charge on any atom is -0.344 e. The highest BCUT2D eigenvalue weighted by Gasteiger charge is 2.18. The zero-order chi connectivity index (χ0) is 19.4. The van der Waals surface area contributed by atoms with Crippen LogP contribution in [0.15, 0.2) is 29.6 Å². The van der Waals surface area contributed by atoms with Crippen molar-refractivity contribution in [3.8, 4) is 0 Å². The molecule has 0 fully saturated rings. The molecule has 0 saturated heterocycles. The third-order valence-electron chi connectivity index (χ3n) is 3.72. The van der Waals surface area contributed by atoms with Gasteiger partial charge in [0.1, 0.15) is 0 Å². The zero-order valence-corrected chi connectivity index (χ0v) is 16.4. The van der Waals surface area contributed by atoms with Gasteiger partial charge in [-0.05, 0) is 30.5 Å². The van der Waals surface area contributed by atoms with Crippen LogP contribution in [0.1, 0.15) is 29.2 Å². The number of nitrogens with one attached hydrogen (secondary N) is 2. The summed E-state index contributed by atoms with van der Waals surface area (Å²) >= 11 is 1.60. The standard InChI is InChI=1S/C16H19N6O3S2/c1-3-15-18-14(9-26-15)13(19-16-17-10-22(2)20-16)8-11-4-6-12(7-5-11)21-27(23,24)25/h4-7,9,13,21H,3,8H2,1-2H3,(H,19,20)(H,23,24,25)/t13-/m0/s1. The van der Waals surface area contributed by atoms with Crippen molar-refractivity contribution in [3.05, 3.63) is 52.2 Å². The molecule has 0 unspecified atom stereocenters. The minimum absolute atomic E-state index is 0.155. The highest BCUT2D eigenvalue weighted by Crippen LogP contribution is 2.25. The van der Waals surface area contributed by atoms with Gasteiger partial charge in [-0.1, -0.05) is 19.1 Å². The van der Waals surface area contributed by atoms with E-state index in [1.165, 1.54) is 4.68 Å². The van der Waals surface area contributed by atoms with Crippen LogP contribution in [0.5, 0.6) is 0 Å². The molecule has 0 aliphatic carbocycles. The van der Waals surface area contributed by atoms with Crippen molar-refractivity contribution in [2.75, 3.05) is 10.0 Å². The summed E-state index contributed by atoms with van der Waals surface area (Å²) in [5, 5.41) is 10.5. The van der Waals surface area contributed by atoms with E-state index in [-0.39, 0.29) is 11.7 Å². The fourth-order valence-electron chi connectivity index (χ4n) is 2.49. The quantitative estimate of drug-likeness (QED) is 0.490. The Hall–Kier alpha value is -2.50. The molecular formula is C16H19N6O3S2. The van der Waals surface area contributed by atoms with Crippen LogP contribution in [0, 0.1) is 6.33 Å². The topological polar surface area (TPSA) is 122 Å². The summed E-state index contributed by atoms with van der Waals surface area (Å²) in [5.41, 5.74) is 2.14. The molecule has 1 aromatic carbocycles. The number of rotatable bonds is 8. The van der Waals surface area contributed by atoms with Crippen LogP contribution in [0.2, 0.25) is 0 Å². The van der Waals surface area contributed by atoms with Gasteiger partial charge in [-0.2, -0.15) is 13.4 Å². The molecule has 0 aliphatic heterocycles. The molecule has 3 N–H and O–H groups in total. The van der Waals surface area contributed by atoms with E-state index < -0.39 is 10.3 Å². The first-order chi connectivity index (χ1) is 12.8. The molecule has 3 rings (SSSR count). The van der Waals surface area contributed by atoms with Gasteiger partial charge < -0.3 is 5.32 Å². The second kappa shape index (κ2) is 8.03. The highest BCUT2D eigenvalue weighted by atomic mass is 32.2. The molecule has 2 aromatic heterocycles. The maximum atomic E-state index is 10.9.